The lowest BCUT2D eigenvalue weighted by Crippen LogP contribution is -1.85. The lowest BCUT2D eigenvalue weighted by Gasteiger charge is -1.97. The molecule has 3 heteroatoms. The molecule has 1 N–H and O–H groups in total. The first-order chi connectivity index (χ1) is 10.6. The van der Waals surface area contributed by atoms with Crippen LogP contribution in [0.5, 0.6) is 0 Å². The van der Waals surface area contributed by atoms with Crippen molar-refractivity contribution in [1.29, 1.82) is 5.26 Å². The number of nitriles is 1. The van der Waals surface area contributed by atoms with Gasteiger partial charge in [0.15, 0.2) is 0 Å². The van der Waals surface area contributed by atoms with Gasteiger partial charge in [0.1, 0.15) is 11.9 Å². The SMILES string of the molecule is Cc1ccc(C=C(C#N)c2nc3cc(C)c(C)cc3[nH]2)cc1. The van der Waals surface area contributed by atoms with Crippen molar-refractivity contribution >= 4 is 22.7 Å². The summed E-state index contributed by atoms with van der Waals surface area (Å²) in [5.74, 6) is 0.614. The minimum absolute atomic E-state index is 0.537. The van der Waals surface area contributed by atoms with Crippen LogP contribution in [0.4, 0.5) is 0 Å². The van der Waals surface area contributed by atoms with Gasteiger partial charge in [0.2, 0.25) is 0 Å². The van der Waals surface area contributed by atoms with Crippen molar-refractivity contribution in [1.82, 2.24) is 9.97 Å². The van der Waals surface area contributed by atoms with Gasteiger partial charge in [-0.05, 0) is 55.7 Å². The molecule has 0 atom stereocenters. The van der Waals surface area contributed by atoms with Crippen molar-refractivity contribution in [3.05, 3.63) is 64.5 Å². The summed E-state index contributed by atoms with van der Waals surface area (Å²) >= 11 is 0. The molecular weight excluding hydrogens is 270 g/mol. The minimum atomic E-state index is 0.537. The molecule has 3 rings (SSSR count). The Balaban J connectivity index is 2.07. The monoisotopic (exact) mass is 287 g/mol. The summed E-state index contributed by atoms with van der Waals surface area (Å²) in [5, 5.41) is 9.45. The highest BCUT2D eigenvalue weighted by atomic mass is 14.9. The largest absolute Gasteiger partial charge is 0.337 e. The van der Waals surface area contributed by atoms with Crippen molar-refractivity contribution in [2.24, 2.45) is 0 Å². The number of rotatable bonds is 2. The number of benzene rings is 2. The molecule has 1 aromatic heterocycles. The molecule has 0 unspecified atom stereocenters. The smallest absolute Gasteiger partial charge is 0.149 e. The molecule has 2 aromatic carbocycles. The van der Waals surface area contributed by atoms with Gasteiger partial charge in [-0.3, -0.25) is 0 Å². The van der Waals surface area contributed by atoms with Crippen molar-refractivity contribution in [3.63, 3.8) is 0 Å². The van der Waals surface area contributed by atoms with E-state index in [0.717, 1.165) is 16.6 Å². The molecule has 3 aromatic rings. The highest BCUT2D eigenvalue weighted by Gasteiger charge is 2.09. The normalized spacial score (nSPS) is 11.6. The molecule has 3 nitrogen and oxygen atoms in total. The maximum absolute atomic E-state index is 9.45. The molecule has 0 aliphatic heterocycles. The first kappa shape index (κ1) is 14.1. The zero-order chi connectivity index (χ0) is 15.7. The number of fused-ring (bicyclic) bond motifs is 1. The fourth-order valence-electron chi connectivity index (χ4n) is 2.38. The van der Waals surface area contributed by atoms with E-state index in [2.05, 4.69) is 36.0 Å². The predicted octanol–water partition coefficient (Wildman–Crippen LogP) is 4.55. The van der Waals surface area contributed by atoms with Gasteiger partial charge in [-0.15, -0.1) is 0 Å². The topological polar surface area (TPSA) is 52.5 Å². The summed E-state index contributed by atoms with van der Waals surface area (Å²) in [7, 11) is 0. The molecule has 0 aliphatic rings. The summed E-state index contributed by atoms with van der Waals surface area (Å²) < 4.78 is 0. The van der Waals surface area contributed by atoms with Crippen molar-refractivity contribution in [2.75, 3.05) is 0 Å². The number of nitrogens with one attached hydrogen (secondary N) is 1. The van der Waals surface area contributed by atoms with E-state index in [1.165, 1.54) is 16.7 Å². The number of aromatic nitrogens is 2. The molecule has 0 radical (unpaired) electrons. The third-order valence-corrected chi connectivity index (χ3v) is 3.86. The summed E-state index contributed by atoms with van der Waals surface area (Å²) in [6, 6.07) is 14.4. The Morgan fingerprint density at radius 1 is 1.09 bits per heavy atom. The van der Waals surface area contributed by atoms with Crippen LogP contribution in [0, 0.1) is 32.1 Å². The predicted molar refractivity (Wildman–Crippen MR) is 90.2 cm³/mol. The van der Waals surface area contributed by atoms with Gasteiger partial charge >= 0.3 is 0 Å². The molecule has 0 aliphatic carbocycles. The lowest BCUT2D eigenvalue weighted by molar-refractivity contribution is 1.27. The van der Waals surface area contributed by atoms with E-state index in [-0.39, 0.29) is 0 Å². The summed E-state index contributed by atoms with van der Waals surface area (Å²) in [6.45, 7) is 6.18. The van der Waals surface area contributed by atoms with Crippen LogP contribution in [-0.4, -0.2) is 9.97 Å². The lowest BCUT2D eigenvalue weighted by atomic mass is 10.1. The molecule has 1 heterocycles. The average Bonchev–Trinajstić information content (AvgIpc) is 2.89. The van der Waals surface area contributed by atoms with Crippen molar-refractivity contribution in [2.45, 2.75) is 20.8 Å². The Hall–Kier alpha value is -2.86. The van der Waals surface area contributed by atoms with Gasteiger partial charge in [-0.1, -0.05) is 29.8 Å². The van der Waals surface area contributed by atoms with Crippen LogP contribution in [-0.2, 0) is 0 Å². The molecular formula is C19H17N3. The third kappa shape index (κ3) is 2.64. The van der Waals surface area contributed by atoms with E-state index >= 15 is 0 Å². The number of aromatic amines is 1. The first-order valence-electron chi connectivity index (χ1n) is 7.22. The Labute approximate surface area is 129 Å². The quantitative estimate of drug-likeness (QED) is 0.703. The summed E-state index contributed by atoms with van der Waals surface area (Å²) in [6.07, 6.45) is 1.86. The molecule has 0 bridgehead atoms. The van der Waals surface area contributed by atoms with Crippen LogP contribution in [0.15, 0.2) is 36.4 Å². The van der Waals surface area contributed by atoms with Gasteiger partial charge in [0.25, 0.3) is 0 Å². The maximum Gasteiger partial charge on any atom is 0.149 e. The average molecular weight is 287 g/mol. The highest BCUT2D eigenvalue weighted by Crippen LogP contribution is 2.22. The van der Waals surface area contributed by atoms with E-state index in [9.17, 15) is 5.26 Å². The Kier molecular flexibility index (Phi) is 3.52. The zero-order valence-electron chi connectivity index (χ0n) is 12.9. The molecule has 0 amide bonds. The van der Waals surface area contributed by atoms with Crippen LogP contribution in [0.25, 0.3) is 22.7 Å². The van der Waals surface area contributed by atoms with Gasteiger partial charge in [-0.2, -0.15) is 5.26 Å². The second-order valence-corrected chi connectivity index (χ2v) is 5.62. The van der Waals surface area contributed by atoms with Crippen LogP contribution >= 0.6 is 0 Å². The molecule has 0 spiro atoms. The van der Waals surface area contributed by atoms with Gasteiger partial charge in [-0.25, -0.2) is 4.98 Å². The first-order valence-corrected chi connectivity index (χ1v) is 7.22. The fourth-order valence-corrected chi connectivity index (χ4v) is 2.38. The number of aryl methyl sites for hydroxylation is 3. The second kappa shape index (κ2) is 5.50. The van der Waals surface area contributed by atoms with Crippen molar-refractivity contribution < 1.29 is 0 Å². The van der Waals surface area contributed by atoms with E-state index in [1.807, 2.05) is 43.3 Å². The van der Waals surface area contributed by atoms with E-state index in [0.29, 0.717) is 11.4 Å². The van der Waals surface area contributed by atoms with Crippen molar-refractivity contribution in [3.8, 4) is 6.07 Å². The Morgan fingerprint density at radius 2 is 1.77 bits per heavy atom. The fraction of sp³-hybridized carbons (Fsp3) is 0.158. The van der Waals surface area contributed by atoms with Crippen LogP contribution < -0.4 is 0 Å². The number of hydrogen-bond donors (Lipinski definition) is 1. The summed E-state index contributed by atoms with van der Waals surface area (Å²) in [5.41, 5.74) is 7.00. The molecule has 0 saturated heterocycles. The minimum Gasteiger partial charge on any atom is -0.337 e. The zero-order valence-corrected chi connectivity index (χ0v) is 12.9. The molecule has 108 valence electrons. The van der Waals surface area contributed by atoms with Crippen LogP contribution in [0.2, 0.25) is 0 Å². The number of allylic oxidation sites excluding steroid dienone is 1. The Morgan fingerprint density at radius 3 is 2.45 bits per heavy atom. The van der Waals surface area contributed by atoms with Gasteiger partial charge < -0.3 is 4.98 Å². The van der Waals surface area contributed by atoms with E-state index in [4.69, 9.17) is 0 Å². The second-order valence-electron chi connectivity index (χ2n) is 5.62. The summed E-state index contributed by atoms with van der Waals surface area (Å²) in [4.78, 5) is 7.80. The number of imidazole rings is 1. The van der Waals surface area contributed by atoms with E-state index in [1.54, 1.807) is 0 Å². The van der Waals surface area contributed by atoms with Crippen LogP contribution in [0.1, 0.15) is 28.1 Å². The van der Waals surface area contributed by atoms with E-state index < -0.39 is 0 Å². The molecule has 22 heavy (non-hydrogen) atoms. The standard InChI is InChI=1S/C19H17N3/c1-12-4-6-15(7-5-12)10-16(11-20)19-21-17-8-13(2)14(3)9-18(17)22-19/h4-10H,1-3H3,(H,21,22). The Bertz CT molecular complexity index is 867. The molecule has 0 fully saturated rings. The maximum atomic E-state index is 9.45. The number of nitrogens with zero attached hydrogens (tertiary/aromatic N) is 2. The number of H-pyrrole nitrogens is 1. The third-order valence-electron chi connectivity index (χ3n) is 3.86. The van der Waals surface area contributed by atoms with Gasteiger partial charge in [0, 0.05) is 0 Å². The highest BCUT2D eigenvalue weighted by molar-refractivity contribution is 5.90. The van der Waals surface area contributed by atoms with Crippen LogP contribution in [0.3, 0.4) is 0 Å². The molecule has 0 saturated carbocycles. The number of hydrogen-bond acceptors (Lipinski definition) is 2. The van der Waals surface area contributed by atoms with Gasteiger partial charge in [0.05, 0.1) is 16.6 Å².